The molecular weight excluding hydrogens is 282 g/mol. The van der Waals surface area contributed by atoms with Gasteiger partial charge in [-0.15, -0.1) is 0 Å². The third-order valence-corrected chi connectivity index (χ3v) is 4.45. The van der Waals surface area contributed by atoms with Gasteiger partial charge in [0.1, 0.15) is 0 Å². The maximum absolute atomic E-state index is 6.55. The molecule has 1 aromatic carbocycles. The summed E-state index contributed by atoms with van der Waals surface area (Å²) in [5.41, 5.74) is 2.54. The molecule has 0 bridgehead atoms. The number of para-hydroxylation sites is 1. The maximum atomic E-state index is 6.55. The molecule has 1 saturated heterocycles. The summed E-state index contributed by atoms with van der Waals surface area (Å²) >= 11 is 6.55. The van der Waals surface area contributed by atoms with Crippen molar-refractivity contribution in [1.82, 2.24) is 10.2 Å². The second kappa shape index (κ2) is 8.02. The standard InChI is InChI=1S/C17H28ClN3/c1-4-9-19-12-15-7-5-8-16(18)17(15)21-11-6-10-20(3)13-14(21)2/h5,7-8,14,19H,4,6,9-13H2,1-3H3. The Labute approximate surface area is 134 Å². The van der Waals surface area contributed by atoms with E-state index >= 15 is 0 Å². The number of nitrogens with one attached hydrogen (secondary N) is 1. The van der Waals surface area contributed by atoms with E-state index in [0.29, 0.717) is 6.04 Å². The van der Waals surface area contributed by atoms with Gasteiger partial charge in [0.25, 0.3) is 0 Å². The van der Waals surface area contributed by atoms with Crippen LogP contribution in [0.1, 0.15) is 32.3 Å². The molecule has 1 aliphatic rings. The Bertz CT molecular complexity index is 450. The summed E-state index contributed by atoms with van der Waals surface area (Å²) in [7, 11) is 2.20. The van der Waals surface area contributed by atoms with E-state index in [1.807, 2.05) is 6.07 Å². The van der Waals surface area contributed by atoms with Gasteiger partial charge in [0, 0.05) is 25.7 Å². The van der Waals surface area contributed by atoms with E-state index in [2.05, 4.69) is 48.1 Å². The quantitative estimate of drug-likeness (QED) is 0.841. The fraction of sp³-hybridized carbons (Fsp3) is 0.647. The largest absolute Gasteiger partial charge is 0.366 e. The molecule has 1 aliphatic heterocycles. The summed E-state index contributed by atoms with van der Waals surface area (Å²) in [5.74, 6) is 0. The SMILES string of the molecule is CCCNCc1cccc(Cl)c1N1CCCN(C)CC1C. The normalized spacial score (nSPS) is 20.6. The molecule has 3 nitrogen and oxygen atoms in total. The van der Waals surface area contributed by atoms with Gasteiger partial charge in [-0.25, -0.2) is 0 Å². The summed E-state index contributed by atoms with van der Waals surface area (Å²) in [6.45, 7) is 9.76. The van der Waals surface area contributed by atoms with Crippen LogP contribution in [0.25, 0.3) is 0 Å². The summed E-state index contributed by atoms with van der Waals surface area (Å²) in [6.07, 6.45) is 2.34. The van der Waals surface area contributed by atoms with Crippen molar-refractivity contribution in [2.75, 3.05) is 38.1 Å². The van der Waals surface area contributed by atoms with Crippen LogP contribution in [0.4, 0.5) is 5.69 Å². The van der Waals surface area contributed by atoms with Crippen molar-refractivity contribution in [1.29, 1.82) is 0 Å². The monoisotopic (exact) mass is 309 g/mol. The van der Waals surface area contributed by atoms with E-state index in [1.54, 1.807) is 0 Å². The molecule has 2 rings (SSSR count). The molecule has 0 radical (unpaired) electrons. The lowest BCUT2D eigenvalue weighted by molar-refractivity contribution is 0.337. The number of nitrogens with zero attached hydrogens (tertiary/aromatic N) is 2. The van der Waals surface area contributed by atoms with E-state index in [9.17, 15) is 0 Å². The lowest BCUT2D eigenvalue weighted by Crippen LogP contribution is -2.38. The number of anilines is 1. The van der Waals surface area contributed by atoms with Crippen LogP contribution in [0.5, 0.6) is 0 Å². The van der Waals surface area contributed by atoms with Gasteiger partial charge in [-0.2, -0.15) is 0 Å². The van der Waals surface area contributed by atoms with Crippen molar-refractivity contribution in [2.45, 2.75) is 39.3 Å². The molecule has 1 aromatic rings. The number of likely N-dealkylation sites (N-methyl/N-ethyl adjacent to an activating group) is 1. The predicted molar refractivity (Wildman–Crippen MR) is 92.4 cm³/mol. The molecule has 1 atom stereocenters. The third-order valence-electron chi connectivity index (χ3n) is 4.15. The summed E-state index contributed by atoms with van der Waals surface area (Å²) in [5, 5.41) is 4.38. The van der Waals surface area contributed by atoms with Gasteiger partial charge >= 0.3 is 0 Å². The smallest absolute Gasteiger partial charge is 0.0643 e. The Morgan fingerprint density at radius 1 is 1.33 bits per heavy atom. The van der Waals surface area contributed by atoms with E-state index < -0.39 is 0 Å². The van der Waals surface area contributed by atoms with Gasteiger partial charge in [-0.05, 0) is 51.5 Å². The van der Waals surface area contributed by atoms with E-state index in [0.717, 1.165) is 44.2 Å². The Balaban J connectivity index is 2.23. The summed E-state index contributed by atoms with van der Waals surface area (Å²) in [4.78, 5) is 4.91. The molecule has 1 fully saturated rings. The minimum Gasteiger partial charge on any atom is -0.366 e. The first-order valence-electron chi connectivity index (χ1n) is 8.06. The minimum absolute atomic E-state index is 0.488. The first kappa shape index (κ1) is 16.6. The van der Waals surface area contributed by atoms with Gasteiger partial charge in [0.2, 0.25) is 0 Å². The first-order valence-corrected chi connectivity index (χ1v) is 8.44. The van der Waals surface area contributed by atoms with Gasteiger partial charge in [-0.3, -0.25) is 0 Å². The lowest BCUT2D eigenvalue weighted by atomic mass is 10.1. The average Bonchev–Trinajstić information content (AvgIpc) is 2.60. The van der Waals surface area contributed by atoms with Crippen LogP contribution in [0, 0.1) is 0 Å². The lowest BCUT2D eigenvalue weighted by Gasteiger charge is -2.32. The second-order valence-corrected chi connectivity index (χ2v) is 6.49. The highest BCUT2D eigenvalue weighted by Gasteiger charge is 2.23. The van der Waals surface area contributed by atoms with E-state index in [4.69, 9.17) is 11.6 Å². The molecule has 0 saturated carbocycles. The molecule has 0 aromatic heterocycles. The Morgan fingerprint density at radius 2 is 2.14 bits per heavy atom. The van der Waals surface area contributed by atoms with Crippen LogP contribution in [0.15, 0.2) is 18.2 Å². The van der Waals surface area contributed by atoms with Gasteiger partial charge in [0.05, 0.1) is 10.7 Å². The van der Waals surface area contributed by atoms with Crippen molar-refractivity contribution in [2.24, 2.45) is 0 Å². The number of hydrogen-bond donors (Lipinski definition) is 1. The Kier molecular flexibility index (Phi) is 6.34. The van der Waals surface area contributed by atoms with Crippen LogP contribution in [-0.4, -0.2) is 44.2 Å². The molecular formula is C17H28ClN3. The van der Waals surface area contributed by atoms with Crippen LogP contribution in [0.2, 0.25) is 5.02 Å². The fourth-order valence-electron chi connectivity index (χ4n) is 3.13. The number of hydrogen-bond acceptors (Lipinski definition) is 3. The van der Waals surface area contributed by atoms with Crippen molar-refractivity contribution in [3.05, 3.63) is 28.8 Å². The van der Waals surface area contributed by atoms with Crippen LogP contribution in [-0.2, 0) is 6.54 Å². The fourth-order valence-corrected chi connectivity index (χ4v) is 3.43. The molecule has 0 aliphatic carbocycles. The summed E-state index contributed by atoms with van der Waals surface area (Å²) < 4.78 is 0. The predicted octanol–water partition coefficient (Wildman–Crippen LogP) is 3.37. The maximum Gasteiger partial charge on any atom is 0.0643 e. The van der Waals surface area contributed by atoms with E-state index in [-0.39, 0.29) is 0 Å². The molecule has 1 unspecified atom stereocenters. The minimum atomic E-state index is 0.488. The third kappa shape index (κ3) is 4.35. The number of benzene rings is 1. The van der Waals surface area contributed by atoms with E-state index in [1.165, 1.54) is 17.7 Å². The highest BCUT2D eigenvalue weighted by Crippen LogP contribution is 2.32. The molecule has 0 spiro atoms. The Hall–Kier alpha value is -0.770. The van der Waals surface area contributed by atoms with Gasteiger partial charge < -0.3 is 15.1 Å². The van der Waals surface area contributed by atoms with Crippen LogP contribution >= 0.6 is 11.6 Å². The molecule has 21 heavy (non-hydrogen) atoms. The average molecular weight is 310 g/mol. The van der Waals surface area contributed by atoms with Crippen molar-refractivity contribution in [3.63, 3.8) is 0 Å². The van der Waals surface area contributed by atoms with Crippen LogP contribution < -0.4 is 10.2 Å². The highest BCUT2D eigenvalue weighted by atomic mass is 35.5. The zero-order valence-electron chi connectivity index (χ0n) is 13.5. The number of halogens is 1. The zero-order chi connectivity index (χ0) is 15.2. The summed E-state index contributed by atoms with van der Waals surface area (Å²) in [6, 6.07) is 6.76. The first-order chi connectivity index (χ1) is 10.1. The van der Waals surface area contributed by atoms with Gasteiger partial charge in [0.15, 0.2) is 0 Å². The molecule has 1 N–H and O–H groups in total. The molecule has 1 heterocycles. The van der Waals surface area contributed by atoms with Crippen LogP contribution in [0.3, 0.4) is 0 Å². The Morgan fingerprint density at radius 3 is 2.90 bits per heavy atom. The van der Waals surface area contributed by atoms with Gasteiger partial charge in [-0.1, -0.05) is 30.7 Å². The second-order valence-electron chi connectivity index (χ2n) is 6.08. The van der Waals surface area contributed by atoms with Crippen molar-refractivity contribution >= 4 is 17.3 Å². The topological polar surface area (TPSA) is 18.5 Å². The zero-order valence-corrected chi connectivity index (χ0v) is 14.3. The van der Waals surface area contributed by atoms with Crippen molar-refractivity contribution in [3.8, 4) is 0 Å². The molecule has 118 valence electrons. The highest BCUT2D eigenvalue weighted by molar-refractivity contribution is 6.33. The number of rotatable bonds is 5. The van der Waals surface area contributed by atoms with Crippen molar-refractivity contribution < 1.29 is 0 Å². The molecule has 4 heteroatoms. The molecule has 0 amide bonds.